The third-order valence-corrected chi connectivity index (χ3v) is 14.2. The van der Waals surface area contributed by atoms with Crippen molar-refractivity contribution >= 4 is 41.0 Å². The van der Waals surface area contributed by atoms with E-state index >= 15 is 0 Å². The third kappa shape index (κ3) is 8.73. The second-order valence-corrected chi connectivity index (χ2v) is 17.4. The summed E-state index contributed by atoms with van der Waals surface area (Å²) in [7, 11) is 9.43. The summed E-state index contributed by atoms with van der Waals surface area (Å²) in [6.45, 7) is 1.50. The first-order chi connectivity index (χ1) is 24.4. The second kappa shape index (κ2) is 16.8. The minimum Gasteiger partial charge on any atom is -0.378 e. The maximum atomic E-state index is 13.2. The Hall–Kier alpha value is -1.30. The maximum absolute atomic E-state index is 13.2. The van der Waals surface area contributed by atoms with Crippen molar-refractivity contribution in [3.05, 3.63) is 29.3 Å². The van der Waals surface area contributed by atoms with Crippen molar-refractivity contribution in [2.45, 2.75) is 120 Å². The molecule has 52 heavy (non-hydrogen) atoms. The van der Waals surface area contributed by atoms with E-state index in [-0.39, 0.29) is 30.0 Å². The highest BCUT2D eigenvalue weighted by molar-refractivity contribution is 8.76. The predicted octanol–water partition coefficient (Wildman–Crippen LogP) is 9.52. The monoisotopic (exact) mass is 788 g/mol. The van der Waals surface area contributed by atoms with Gasteiger partial charge < -0.3 is 14.8 Å². The largest absolute Gasteiger partial charge is 0.435 e. The fourth-order valence-corrected chi connectivity index (χ4v) is 11.6. The van der Waals surface area contributed by atoms with Gasteiger partial charge in [-0.05, 0) is 111 Å². The van der Waals surface area contributed by atoms with Crippen LogP contribution in [-0.2, 0) is 20.7 Å². The van der Waals surface area contributed by atoms with E-state index in [2.05, 4.69) is 34.0 Å². The number of ether oxygens (including phenoxy) is 2. The molecule has 1 aromatic rings. The second-order valence-electron chi connectivity index (χ2n) is 14.8. The van der Waals surface area contributed by atoms with Gasteiger partial charge in [0.05, 0.1) is 27.1 Å². The highest BCUT2D eigenvalue weighted by Crippen LogP contribution is 2.62. The number of hydrogen-bond acceptors (Lipinski definition) is 6. The summed E-state index contributed by atoms with van der Waals surface area (Å²) in [5.74, 6) is 2.95. The van der Waals surface area contributed by atoms with Gasteiger partial charge in [-0.3, -0.25) is 9.69 Å². The summed E-state index contributed by atoms with van der Waals surface area (Å²) in [4.78, 5) is 15.5. The molecule has 17 heteroatoms. The van der Waals surface area contributed by atoms with Gasteiger partial charge in [-0.15, -0.1) is 0 Å². The molecule has 1 aliphatic heterocycles. The summed E-state index contributed by atoms with van der Waals surface area (Å²) in [6, 6.07) is 6.52. The molecule has 6 atom stereocenters. The van der Waals surface area contributed by atoms with E-state index in [0.29, 0.717) is 37.2 Å². The van der Waals surface area contributed by atoms with Crippen LogP contribution in [0.2, 0.25) is 6.32 Å². The molecule has 292 valence electrons. The van der Waals surface area contributed by atoms with Gasteiger partial charge in [-0.1, -0.05) is 47.3 Å². The minimum atomic E-state index is -6.75. The fourth-order valence-electron chi connectivity index (χ4n) is 9.10. The summed E-state index contributed by atoms with van der Waals surface area (Å²) in [5.41, 5.74) is -3.30. The van der Waals surface area contributed by atoms with Gasteiger partial charge in [0.1, 0.15) is 0 Å². The van der Waals surface area contributed by atoms with E-state index in [1.54, 1.807) is 0 Å². The van der Waals surface area contributed by atoms with Crippen molar-refractivity contribution in [3.8, 4) is 0 Å². The molecule has 6 unspecified atom stereocenters. The number of amides is 1. The molecular weight excluding hydrogens is 742 g/mol. The van der Waals surface area contributed by atoms with Gasteiger partial charge in [0.25, 0.3) is 0 Å². The van der Waals surface area contributed by atoms with Crippen LogP contribution in [0.5, 0.6) is 0 Å². The zero-order chi connectivity index (χ0) is 38.0. The lowest BCUT2D eigenvalue weighted by molar-refractivity contribution is -0.457. The van der Waals surface area contributed by atoms with Gasteiger partial charge in [0.15, 0.2) is 0 Å². The average Bonchev–Trinajstić information content (AvgIpc) is 3.40. The first-order valence-electron chi connectivity index (χ1n) is 18.0. The van der Waals surface area contributed by atoms with Crippen molar-refractivity contribution in [1.82, 2.24) is 4.90 Å². The number of carbonyl (C=O) groups excluding carboxylic acids is 1. The molecule has 1 N–H and O–H groups in total. The fraction of sp³-hybridized carbons (Fsp3) is 0.800. The minimum absolute atomic E-state index is 0.0398. The number of halogens is 9. The summed E-state index contributed by atoms with van der Waals surface area (Å²) >= 11 is 0. The number of alkyl halides is 9. The Labute approximate surface area is 308 Å². The van der Waals surface area contributed by atoms with E-state index in [0.717, 1.165) is 75.1 Å². The first kappa shape index (κ1) is 41.9. The zero-order valence-electron chi connectivity index (χ0n) is 29.1. The van der Waals surface area contributed by atoms with Crippen LogP contribution in [0.15, 0.2) is 18.2 Å². The molecular formula is C35H46BF9N2O3S2. The Bertz CT molecular complexity index is 1330. The number of aryl methyl sites for hydroxylation is 1. The number of anilines is 1. The van der Waals surface area contributed by atoms with Crippen LogP contribution < -0.4 is 5.32 Å². The summed E-state index contributed by atoms with van der Waals surface area (Å²) < 4.78 is 128. The Morgan fingerprint density at radius 1 is 0.942 bits per heavy atom. The number of nitrogens with zero attached hydrogens (tertiary/aromatic N) is 1. The molecule has 1 heterocycles. The van der Waals surface area contributed by atoms with Crippen molar-refractivity contribution in [2.75, 3.05) is 43.1 Å². The number of unbranched alkanes of at least 4 members (excludes halogenated alkanes) is 1. The van der Waals surface area contributed by atoms with Crippen LogP contribution in [0, 0.1) is 17.3 Å². The maximum Gasteiger partial charge on any atom is 0.435 e. The lowest BCUT2D eigenvalue weighted by Gasteiger charge is -2.50. The Kier molecular flexibility index (Phi) is 13.5. The molecule has 5 nitrogen and oxygen atoms in total. The first-order valence-corrected chi connectivity index (χ1v) is 20.5. The van der Waals surface area contributed by atoms with Crippen molar-refractivity contribution in [1.29, 1.82) is 0 Å². The van der Waals surface area contributed by atoms with Gasteiger partial charge in [-0.2, -0.15) is 39.5 Å². The number of carbonyl (C=O) groups is 1. The van der Waals surface area contributed by atoms with Gasteiger partial charge in [-0.25, -0.2) is 0 Å². The Balaban J connectivity index is 1.15. The van der Waals surface area contributed by atoms with Crippen LogP contribution >= 0.6 is 21.6 Å². The molecule has 2 saturated carbocycles. The lowest BCUT2D eigenvalue weighted by Crippen LogP contribution is -2.67. The van der Waals surface area contributed by atoms with Crippen molar-refractivity contribution in [2.24, 2.45) is 17.3 Å². The number of nitrogens with one attached hydrogen (secondary N) is 1. The van der Waals surface area contributed by atoms with Crippen LogP contribution in [0.1, 0.15) is 81.8 Å². The standard InChI is InChI=1S/C35H46BF9N2O3S2/c1-31-13-11-26-25-8-6-23(46-30(48)20-47(15-3-2-14-36)24-12-18-51-52-21-24)19-22(25)5-7-27(26)28(31)9-10-29(31)49-16-4-17-50-32(33(37,38)39,34(40,41)42)35(43,44)45/h6,8,19,24,26-29H,2-5,7,9-18,20-21H2,1H3,(H,46,48). The molecule has 2 radical (unpaired) electrons. The molecule has 1 aromatic carbocycles. The molecule has 3 fully saturated rings. The van der Waals surface area contributed by atoms with E-state index in [1.165, 1.54) is 11.1 Å². The topological polar surface area (TPSA) is 50.8 Å². The molecule has 0 aromatic heterocycles. The van der Waals surface area contributed by atoms with Gasteiger partial charge in [0.2, 0.25) is 5.91 Å². The molecule has 0 bridgehead atoms. The summed E-state index contributed by atoms with van der Waals surface area (Å²) in [5, 5.41) is 3.12. The molecule has 5 rings (SSSR count). The normalized spacial score (nSPS) is 28.3. The zero-order valence-corrected chi connectivity index (χ0v) is 30.7. The van der Waals surface area contributed by atoms with E-state index < -0.39 is 37.2 Å². The van der Waals surface area contributed by atoms with E-state index in [4.69, 9.17) is 12.6 Å². The summed E-state index contributed by atoms with van der Waals surface area (Å²) in [6.07, 6.45) is -12.7. The molecule has 1 amide bonds. The highest BCUT2D eigenvalue weighted by Gasteiger charge is 2.85. The van der Waals surface area contributed by atoms with Crippen molar-refractivity contribution in [3.63, 3.8) is 0 Å². The smallest absolute Gasteiger partial charge is 0.378 e. The van der Waals surface area contributed by atoms with Crippen molar-refractivity contribution < 1.29 is 53.8 Å². The quantitative estimate of drug-likeness (QED) is 0.0878. The lowest BCUT2D eigenvalue weighted by atomic mass is 9.55. The number of fused-ring (bicyclic) bond motifs is 5. The van der Waals surface area contributed by atoms with Gasteiger partial charge in [0, 0.05) is 29.8 Å². The predicted molar refractivity (Wildman–Crippen MR) is 186 cm³/mol. The van der Waals surface area contributed by atoms with E-state index in [9.17, 15) is 44.3 Å². The molecule has 0 spiro atoms. The van der Waals surface area contributed by atoms with Crippen LogP contribution in [-0.4, -0.2) is 92.7 Å². The molecule has 4 aliphatic rings. The van der Waals surface area contributed by atoms with Crippen LogP contribution in [0.25, 0.3) is 0 Å². The average molecular weight is 789 g/mol. The number of rotatable bonds is 14. The number of hydrogen-bond donors (Lipinski definition) is 1. The Morgan fingerprint density at radius 3 is 2.33 bits per heavy atom. The van der Waals surface area contributed by atoms with Gasteiger partial charge >= 0.3 is 24.1 Å². The molecule has 3 aliphatic carbocycles. The van der Waals surface area contributed by atoms with Crippen LogP contribution in [0.3, 0.4) is 0 Å². The van der Waals surface area contributed by atoms with Crippen LogP contribution in [0.4, 0.5) is 45.2 Å². The molecule has 1 saturated heterocycles. The Morgan fingerprint density at radius 2 is 1.67 bits per heavy atom. The SMILES string of the molecule is [B]CCCCN(CC(=O)Nc1ccc2c(c1)CCC1C2CCC2(C)C(OCCCOC(C(F)(F)F)(C(F)(F)F)C(F)(F)F)CCC12)C1CCSSC1. The number of benzene rings is 1. The third-order valence-electron chi connectivity index (χ3n) is 11.7. The van der Waals surface area contributed by atoms with E-state index in [1.807, 2.05) is 27.7 Å². The highest BCUT2D eigenvalue weighted by atomic mass is 33.1.